The quantitative estimate of drug-likeness (QED) is 0.142. The summed E-state index contributed by atoms with van der Waals surface area (Å²) < 4.78 is 29.6. The van der Waals surface area contributed by atoms with E-state index in [0.717, 1.165) is 32.1 Å². The van der Waals surface area contributed by atoms with Crippen LogP contribution in [0.2, 0.25) is 0 Å². The molecule has 0 unspecified atom stereocenters. The van der Waals surface area contributed by atoms with Crippen LogP contribution in [0.5, 0.6) is 0 Å². The molecule has 300 valence electrons. The van der Waals surface area contributed by atoms with Crippen LogP contribution in [0, 0.1) is 52.3 Å². The zero-order valence-corrected chi connectivity index (χ0v) is 31.0. The van der Waals surface area contributed by atoms with E-state index in [1.54, 1.807) is 0 Å². The Balaban J connectivity index is 0.964. The first-order valence-corrected chi connectivity index (χ1v) is 19.8. The molecule has 7 rings (SSSR count). The fraction of sp³-hybridized carbons (Fsp3) is 1.00. The lowest BCUT2D eigenvalue weighted by molar-refractivity contribution is -0.303. The number of ether oxygens (including phenoxy) is 5. The Labute approximate surface area is 306 Å². The maximum atomic E-state index is 12.0. The molecule has 0 spiro atoms. The standard InChI is InChI=1S/C38H64O14/c1-17(15-48-35-33(46)31(44)30(43)27(14-39)51-35)7-10-38(47)18(2)28-25(52-38)12-22-20-6-5-19-11-23(40)26(50-34-32(45)29(42)24(41)16-49-34)13-37(19,4)21(20)8-9-36(22,28)3/h17-35,39-47H,5-16H2,1-4H3/t17-,18+,19-,20-,21+,22+,23+,24+,25+,26+,27-,28+,29+,30-,31+,32-,33-,34+,35-,36+,37+,38-/m1/s1. The fourth-order valence-corrected chi connectivity index (χ4v) is 12.4. The SMILES string of the molecule is C[C@H](CC[C@@]1(O)O[C@H]2C[C@H]3[C@@H]4CC[C@@H]5C[C@H](O)[C@@H](O[C@@H]6OC[C@H](O)[C@H](O)[C@H]6O)C[C@]5(C)[C@H]4CC[C@]3(C)[C@H]2[C@@H]1C)CO[C@@H]1O[C@H](CO)[C@@H](O)[C@H](O)[C@H]1O. The van der Waals surface area contributed by atoms with E-state index in [1.807, 2.05) is 6.92 Å². The van der Waals surface area contributed by atoms with Crippen molar-refractivity contribution < 1.29 is 69.6 Å². The van der Waals surface area contributed by atoms with Crippen LogP contribution in [0.1, 0.15) is 85.5 Å². The van der Waals surface area contributed by atoms with Gasteiger partial charge < -0.3 is 69.6 Å². The highest BCUT2D eigenvalue weighted by atomic mass is 16.7. The molecule has 4 aliphatic carbocycles. The van der Waals surface area contributed by atoms with Gasteiger partial charge in [0, 0.05) is 12.3 Å². The molecule has 0 amide bonds. The Kier molecular flexibility index (Phi) is 11.2. The highest BCUT2D eigenvalue weighted by molar-refractivity contribution is 5.15. The summed E-state index contributed by atoms with van der Waals surface area (Å²) in [6.45, 7) is 8.38. The van der Waals surface area contributed by atoms with E-state index in [9.17, 15) is 46.0 Å². The first kappa shape index (κ1) is 39.7. The third kappa shape index (κ3) is 6.61. The molecule has 22 atom stereocenters. The van der Waals surface area contributed by atoms with E-state index < -0.39 is 79.9 Å². The van der Waals surface area contributed by atoms with Gasteiger partial charge in [0.15, 0.2) is 18.4 Å². The van der Waals surface area contributed by atoms with Crippen molar-refractivity contribution in [1.29, 1.82) is 0 Å². The lowest BCUT2D eigenvalue weighted by Crippen LogP contribution is -2.59. The molecular weight excluding hydrogens is 680 g/mol. The van der Waals surface area contributed by atoms with Crippen molar-refractivity contribution in [3.05, 3.63) is 0 Å². The topological polar surface area (TPSA) is 228 Å². The Bertz CT molecular complexity index is 1240. The van der Waals surface area contributed by atoms with Gasteiger partial charge in [-0.05, 0) is 97.7 Å². The van der Waals surface area contributed by atoms with Crippen molar-refractivity contribution in [3.8, 4) is 0 Å². The van der Waals surface area contributed by atoms with Gasteiger partial charge in [-0.15, -0.1) is 0 Å². The van der Waals surface area contributed by atoms with Gasteiger partial charge in [-0.3, -0.25) is 0 Å². The Morgan fingerprint density at radius 3 is 2.29 bits per heavy atom. The molecule has 14 nitrogen and oxygen atoms in total. The molecule has 3 aliphatic heterocycles. The van der Waals surface area contributed by atoms with Crippen molar-refractivity contribution in [3.63, 3.8) is 0 Å². The van der Waals surface area contributed by atoms with Gasteiger partial charge >= 0.3 is 0 Å². The van der Waals surface area contributed by atoms with Crippen molar-refractivity contribution in [2.24, 2.45) is 52.3 Å². The second kappa shape index (κ2) is 14.7. The number of rotatable bonds is 9. The van der Waals surface area contributed by atoms with Gasteiger partial charge in [0.05, 0.1) is 38.1 Å². The monoisotopic (exact) mass is 744 g/mol. The molecule has 7 fully saturated rings. The normalized spacial score (nSPS) is 56.7. The van der Waals surface area contributed by atoms with E-state index in [1.165, 1.54) is 0 Å². The highest BCUT2D eigenvalue weighted by Crippen LogP contribution is 2.71. The van der Waals surface area contributed by atoms with Crippen LogP contribution in [0.25, 0.3) is 0 Å². The molecule has 0 aromatic carbocycles. The van der Waals surface area contributed by atoms with Crippen LogP contribution >= 0.6 is 0 Å². The zero-order valence-electron chi connectivity index (χ0n) is 31.0. The summed E-state index contributed by atoms with van der Waals surface area (Å²) >= 11 is 0. The van der Waals surface area contributed by atoms with Gasteiger partial charge in [0.2, 0.25) is 0 Å². The van der Waals surface area contributed by atoms with Crippen molar-refractivity contribution in [1.82, 2.24) is 0 Å². The van der Waals surface area contributed by atoms with Gasteiger partial charge in [-0.25, -0.2) is 0 Å². The summed E-state index contributed by atoms with van der Waals surface area (Å²) in [6, 6.07) is 0. The predicted octanol–water partition coefficient (Wildman–Crippen LogP) is 0.00650. The number of fused-ring (bicyclic) bond motifs is 7. The van der Waals surface area contributed by atoms with E-state index in [2.05, 4.69) is 20.8 Å². The minimum atomic E-state index is -1.50. The lowest BCUT2D eigenvalue weighted by atomic mass is 9.44. The summed E-state index contributed by atoms with van der Waals surface area (Å²) in [4.78, 5) is 0. The van der Waals surface area contributed by atoms with E-state index >= 15 is 0 Å². The zero-order chi connectivity index (χ0) is 37.5. The van der Waals surface area contributed by atoms with E-state index in [4.69, 9.17) is 23.7 Å². The first-order chi connectivity index (χ1) is 24.5. The van der Waals surface area contributed by atoms with Crippen LogP contribution in [-0.2, 0) is 23.7 Å². The maximum Gasteiger partial charge on any atom is 0.186 e. The molecule has 14 heteroatoms. The molecular formula is C38H64O14. The molecule has 0 radical (unpaired) electrons. The average molecular weight is 745 g/mol. The minimum Gasteiger partial charge on any atom is -0.394 e. The third-order valence-corrected chi connectivity index (χ3v) is 15.5. The third-order valence-electron chi connectivity index (χ3n) is 15.5. The average Bonchev–Trinajstić information content (AvgIpc) is 3.55. The number of aliphatic hydroxyl groups is 9. The Morgan fingerprint density at radius 1 is 0.827 bits per heavy atom. The van der Waals surface area contributed by atoms with Crippen molar-refractivity contribution in [2.75, 3.05) is 19.8 Å². The molecule has 4 saturated carbocycles. The van der Waals surface area contributed by atoms with Gasteiger partial charge in [-0.1, -0.05) is 27.7 Å². The molecule has 0 aromatic rings. The van der Waals surface area contributed by atoms with Gasteiger partial charge in [0.25, 0.3) is 0 Å². The number of aliphatic hydroxyl groups excluding tert-OH is 8. The van der Waals surface area contributed by atoms with Crippen molar-refractivity contribution >= 4 is 0 Å². The van der Waals surface area contributed by atoms with Gasteiger partial charge in [0.1, 0.15) is 42.7 Å². The summed E-state index contributed by atoms with van der Waals surface area (Å²) in [5.74, 6) is 0.547. The van der Waals surface area contributed by atoms with Crippen LogP contribution in [0.3, 0.4) is 0 Å². The molecule has 3 heterocycles. The summed E-state index contributed by atoms with van der Waals surface area (Å²) in [6.07, 6.45) is -5.63. The van der Waals surface area contributed by atoms with Crippen LogP contribution in [-0.4, -0.2) is 145 Å². The van der Waals surface area contributed by atoms with Crippen LogP contribution < -0.4 is 0 Å². The molecule has 3 saturated heterocycles. The van der Waals surface area contributed by atoms with Crippen molar-refractivity contribution in [2.45, 2.75) is 165 Å². The first-order valence-electron chi connectivity index (χ1n) is 19.8. The minimum absolute atomic E-state index is 0.0118. The molecule has 7 aliphatic rings. The fourth-order valence-electron chi connectivity index (χ4n) is 12.4. The molecule has 9 N–H and O–H groups in total. The molecule has 0 aromatic heterocycles. The smallest absolute Gasteiger partial charge is 0.186 e. The molecule has 0 bridgehead atoms. The Morgan fingerprint density at radius 2 is 1.56 bits per heavy atom. The number of hydrogen-bond donors (Lipinski definition) is 9. The predicted molar refractivity (Wildman–Crippen MR) is 182 cm³/mol. The highest BCUT2D eigenvalue weighted by Gasteiger charge is 2.68. The summed E-state index contributed by atoms with van der Waals surface area (Å²) in [7, 11) is 0. The maximum absolute atomic E-state index is 12.0. The number of hydrogen-bond acceptors (Lipinski definition) is 14. The van der Waals surface area contributed by atoms with Crippen LogP contribution in [0.15, 0.2) is 0 Å². The van der Waals surface area contributed by atoms with Crippen LogP contribution in [0.4, 0.5) is 0 Å². The molecule has 52 heavy (non-hydrogen) atoms. The van der Waals surface area contributed by atoms with E-state index in [0.29, 0.717) is 49.4 Å². The Hall–Kier alpha value is -0.560. The summed E-state index contributed by atoms with van der Waals surface area (Å²) in [5, 5.41) is 93.7. The van der Waals surface area contributed by atoms with E-state index in [-0.39, 0.29) is 47.9 Å². The largest absolute Gasteiger partial charge is 0.394 e. The summed E-state index contributed by atoms with van der Waals surface area (Å²) in [5.41, 5.74) is -0.0670. The lowest BCUT2D eigenvalue weighted by Gasteiger charge is -2.62. The second-order valence-corrected chi connectivity index (χ2v) is 18.4. The van der Waals surface area contributed by atoms with Gasteiger partial charge in [-0.2, -0.15) is 0 Å². The second-order valence-electron chi connectivity index (χ2n) is 18.4.